The van der Waals surface area contributed by atoms with Crippen LogP contribution in [0.15, 0.2) is 115 Å². The van der Waals surface area contributed by atoms with E-state index in [2.05, 4.69) is 11.9 Å². The minimum Gasteiger partial charge on any atom is -0.456 e. The van der Waals surface area contributed by atoms with Crippen LogP contribution >= 0.6 is 0 Å². The summed E-state index contributed by atoms with van der Waals surface area (Å²) < 4.78 is 30.9. The van der Waals surface area contributed by atoms with Gasteiger partial charge in [-0.1, -0.05) is 101 Å². The molecule has 332 valence electrons. The summed E-state index contributed by atoms with van der Waals surface area (Å²) >= 11 is 0. The fourth-order valence-electron chi connectivity index (χ4n) is 10.4. The number of esters is 4. The Labute approximate surface area is 365 Å². The van der Waals surface area contributed by atoms with Crippen LogP contribution in [0.5, 0.6) is 0 Å². The molecule has 1 amide bonds. The molecule has 2 saturated carbocycles. The van der Waals surface area contributed by atoms with Crippen LogP contribution in [0.4, 0.5) is 0 Å². The van der Waals surface area contributed by atoms with E-state index in [-0.39, 0.29) is 35.3 Å². The highest BCUT2D eigenvalue weighted by atomic mass is 16.6. The van der Waals surface area contributed by atoms with Gasteiger partial charge < -0.3 is 39.2 Å². The zero-order chi connectivity index (χ0) is 45.6. The molecule has 7 rings (SSSR count). The molecule has 1 aliphatic heterocycles. The largest absolute Gasteiger partial charge is 0.456 e. The van der Waals surface area contributed by atoms with Crippen molar-refractivity contribution in [2.75, 3.05) is 6.61 Å². The standard InChI is InChI=1S/C49H53NO13/c1-8-35(52)63-48-26-59-34(48)24-27(2)47(7)40(48)42(62-44(56)32-22-16-11-17-23-32)49(58)25-33(28(3)36(46(49,5)6)39(41(47)54)60-29(4)51)61-45(57)38(53)37(30-18-12-9-13-19-30)50-43(55)31-20-14-10-15-21-31/h8-23,27,33-34,37-40,42,53,58H,1,24-26H2,2-7H3,(H,50,55). The predicted molar refractivity (Wildman–Crippen MR) is 225 cm³/mol. The normalized spacial score (nSPS) is 31.5. The van der Waals surface area contributed by atoms with E-state index in [4.69, 9.17) is 23.7 Å². The molecule has 63 heavy (non-hydrogen) atoms. The molecule has 0 radical (unpaired) electrons. The number of hydrogen-bond donors (Lipinski definition) is 3. The average Bonchev–Trinajstić information content (AvgIpc) is 3.26. The molecule has 3 N–H and O–H groups in total. The molecule has 2 bridgehead atoms. The summed E-state index contributed by atoms with van der Waals surface area (Å²) in [6.45, 7) is 12.7. The molecule has 4 aliphatic rings. The number of rotatable bonds is 11. The Kier molecular flexibility index (Phi) is 12.1. The van der Waals surface area contributed by atoms with Crippen molar-refractivity contribution in [3.05, 3.63) is 131 Å². The van der Waals surface area contributed by atoms with Gasteiger partial charge in [-0.25, -0.2) is 14.4 Å². The molecular weight excluding hydrogens is 811 g/mol. The van der Waals surface area contributed by atoms with Crippen LogP contribution in [-0.2, 0) is 42.9 Å². The number of fused-ring (bicyclic) bond motifs is 5. The van der Waals surface area contributed by atoms with Crippen LogP contribution in [0.25, 0.3) is 0 Å². The molecule has 11 atom stereocenters. The van der Waals surface area contributed by atoms with Crippen LogP contribution in [0.1, 0.15) is 86.7 Å². The van der Waals surface area contributed by atoms with E-state index in [1.807, 2.05) is 0 Å². The van der Waals surface area contributed by atoms with Crippen molar-refractivity contribution >= 4 is 35.6 Å². The molecule has 0 aromatic heterocycles. The van der Waals surface area contributed by atoms with Crippen molar-refractivity contribution in [1.82, 2.24) is 5.32 Å². The molecule has 1 heterocycles. The molecule has 1 saturated heterocycles. The van der Waals surface area contributed by atoms with Crippen LogP contribution in [0.2, 0.25) is 0 Å². The lowest BCUT2D eigenvalue weighted by Gasteiger charge is -2.68. The Morgan fingerprint density at radius 3 is 2.03 bits per heavy atom. The Hall–Kier alpha value is -5.96. The van der Waals surface area contributed by atoms with Gasteiger partial charge in [0, 0.05) is 35.8 Å². The maximum Gasteiger partial charge on any atom is 0.338 e. The maximum atomic E-state index is 15.7. The first kappa shape index (κ1) is 45.1. The molecule has 3 aromatic carbocycles. The van der Waals surface area contributed by atoms with E-state index in [1.165, 1.54) is 12.1 Å². The highest BCUT2D eigenvalue weighted by molar-refractivity contribution is 5.96. The number of Topliss-reactive ketones (excluding diaryl/α,β-unsaturated/α-hetero) is 1. The molecule has 3 aliphatic carbocycles. The van der Waals surface area contributed by atoms with Crippen LogP contribution in [0, 0.1) is 22.7 Å². The van der Waals surface area contributed by atoms with E-state index in [1.54, 1.807) is 113 Å². The van der Waals surface area contributed by atoms with Crippen molar-refractivity contribution in [2.24, 2.45) is 22.7 Å². The first-order chi connectivity index (χ1) is 29.8. The van der Waals surface area contributed by atoms with E-state index in [0.717, 1.165) is 13.0 Å². The van der Waals surface area contributed by atoms with Gasteiger partial charge in [0.2, 0.25) is 0 Å². The van der Waals surface area contributed by atoms with E-state index in [0.29, 0.717) is 5.56 Å². The number of amides is 1. The van der Waals surface area contributed by atoms with Gasteiger partial charge in [-0.3, -0.25) is 14.4 Å². The van der Waals surface area contributed by atoms with E-state index in [9.17, 15) is 34.2 Å². The molecule has 3 fully saturated rings. The number of nitrogens with one attached hydrogen (secondary N) is 1. The monoisotopic (exact) mass is 863 g/mol. The van der Waals surface area contributed by atoms with Gasteiger partial charge in [-0.2, -0.15) is 0 Å². The number of hydrogen-bond acceptors (Lipinski definition) is 13. The SMILES string of the molecule is C=CC(=O)OC12COC1CC(C)C1(C)C(=O)C(OC(C)=O)C3=C(C)C(OC(=O)C(O)C(NC(=O)c4ccccc4)c4ccccc4)CC(O)(C(OC(=O)c4ccccc4)C21)C3(C)C. The molecule has 11 unspecified atom stereocenters. The average molecular weight is 864 g/mol. The molecule has 14 heteroatoms. The minimum absolute atomic E-state index is 0.0949. The lowest BCUT2D eigenvalue weighted by atomic mass is 9.43. The van der Waals surface area contributed by atoms with Crippen molar-refractivity contribution < 1.29 is 62.7 Å². The van der Waals surface area contributed by atoms with Gasteiger partial charge in [-0.15, -0.1) is 0 Å². The number of benzene rings is 3. The molecule has 14 nitrogen and oxygen atoms in total. The minimum atomic E-state index is -2.31. The summed E-state index contributed by atoms with van der Waals surface area (Å²) in [7, 11) is 0. The van der Waals surface area contributed by atoms with Crippen LogP contribution in [0.3, 0.4) is 0 Å². The Balaban J connectivity index is 1.39. The topological polar surface area (TPSA) is 201 Å². The highest BCUT2D eigenvalue weighted by Gasteiger charge is 2.77. The molecule has 0 spiro atoms. The fourth-order valence-corrected chi connectivity index (χ4v) is 10.4. The summed E-state index contributed by atoms with van der Waals surface area (Å²) in [5, 5.41) is 28.4. The van der Waals surface area contributed by atoms with Gasteiger partial charge in [0.05, 0.1) is 24.1 Å². The number of carbonyl (C=O) groups excluding carboxylic acids is 6. The molecular formula is C49H53NO13. The van der Waals surface area contributed by atoms with Gasteiger partial charge in [0.1, 0.15) is 23.9 Å². The second-order valence-corrected chi connectivity index (χ2v) is 17.8. The Morgan fingerprint density at radius 1 is 0.889 bits per heavy atom. The van der Waals surface area contributed by atoms with Gasteiger partial charge in [-0.05, 0) is 60.2 Å². The second kappa shape index (κ2) is 17.0. The van der Waals surface area contributed by atoms with E-state index >= 15 is 4.79 Å². The fraction of sp³-hybridized carbons (Fsp3) is 0.429. The predicted octanol–water partition coefficient (Wildman–Crippen LogP) is 5.18. The number of carbonyl (C=O) groups is 6. The number of ketones is 1. The van der Waals surface area contributed by atoms with Crippen molar-refractivity contribution in [3.63, 3.8) is 0 Å². The number of aliphatic hydroxyl groups excluding tert-OH is 1. The summed E-state index contributed by atoms with van der Waals surface area (Å²) in [6, 6.07) is 23.3. The second-order valence-electron chi connectivity index (χ2n) is 17.8. The number of aliphatic hydroxyl groups is 2. The van der Waals surface area contributed by atoms with E-state index < -0.39 is 112 Å². The quantitative estimate of drug-likeness (QED) is 0.0987. The summed E-state index contributed by atoms with van der Waals surface area (Å²) in [6.07, 6.45) is -6.96. The zero-order valence-electron chi connectivity index (χ0n) is 36.1. The third-order valence-electron chi connectivity index (χ3n) is 14.1. The Morgan fingerprint density at radius 2 is 1.48 bits per heavy atom. The first-order valence-corrected chi connectivity index (χ1v) is 21.0. The lowest BCUT2D eigenvalue weighted by Crippen LogP contribution is -2.81. The maximum absolute atomic E-state index is 15.7. The smallest absolute Gasteiger partial charge is 0.338 e. The van der Waals surface area contributed by atoms with Crippen molar-refractivity contribution in [2.45, 2.75) is 102 Å². The zero-order valence-corrected chi connectivity index (χ0v) is 36.1. The van der Waals surface area contributed by atoms with Crippen molar-refractivity contribution in [3.8, 4) is 0 Å². The van der Waals surface area contributed by atoms with Gasteiger partial charge in [0.15, 0.2) is 23.6 Å². The molecule has 3 aromatic rings. The lowest BCUT2D eigenvalue weighted by molar-refractivity contribution is -0.339. The summed E-state index contributed by atoms with van der Waals surface area (Å²) in [4.78, 5) is 84.3. The third kappa shape index (κ3) is 7.57. The first-order valence-electron chi connectivity index (χ1n) is 21.0. The van der Waals surface area contributed by atoms with Gasteiger partial charge >= 0.3 is 23.9 Å². The number of ether oxygens (including phenoxy) is 5. The summed E-state index contributed by atoms with van der Waals surface area (Å²) in [5.41, 5.74) is -6.13. The Bertz CT molecular complexity index is 2330. The third-order valence-corrected chi connectivity index (χ3v) is 14.1. The summed E-state index contributed by atoms with van der Waals surface area (Å²) in [5.74, 6) is -6.89. The van der Waals surface area contributed by atoms with Crippen LogP contribution < -0.4 is 5.32 Å². The highest BCUT2D eigenvalue weighted by Crippen LogP contribution is 2.65. The van der Waals surface area contributed by atoms with Crippen molar-refractivity contribution in [1.29, 1.82) is 0 Å². The van der Waals surface area contributed by atoms with Crippen LogP contribution in [-0.4, -0.2) is 94.1 Å². The van der Waals surface area contributed by atoms with Gasteiger partial charge in [0.25, 0.3) is 5.91 Å².